The van der Waals surface area contributed by atoms with Crippen molar-refractivity contribution in [2.24, 2.45) is 0 Å². The van der Waals surface area contributed by atoms with Crippen molar-refractivity contribution in [1.29, 1.82) is 0 Å². The lowest BCUT2D eigenvalue weighted by Gasteiger charge is -2.32. The number of rotatable bonds is 11. The highest BCUT2D eigenvalue weighted by atomic mass is 16.5. The molecule has 194 valence electrons. The minimum absolute atomic E-state index is 0.0496. The van der Waals surface area contributed by atoms with Crippen LogP contribution < -0.4 is 16.6 Å². The molecule has 0 aliphatic carbocycles. The lowest BCUT2D eigenvalue weighted by molar-refractivity contribution is -0.122. The zero-order valence-electron chi connectivity index (χ0n) is 21.2. The molecule has 1 N–H and O–H groups in total. The summed E-state index contributed by atoms with van der Waals surface area (Å²) in [5, 5.41) is 3.04. The quantitative estimate of drug-likeness (QED) is 0.431. The second-order valence-electron chi connectivity index (χ2n) is 9.39. The summed E-state index contributed by atoms with van der Waals surface area (Å²) in [4.78, 5) is 46.7. The number of nitrogens with zero attached hydrogens (tertiary/aromatic N) is 5. The summed E-state index contributed by atoms with van der Waals surface area (Å²) in [5.41, 5.74) is 0.438. The monoisotopic (exact) mass is 496 g/mol. The van der Waals surface area contributed by atoms with Gasteiger partial charge in [-0.15, -0.1) is 0 Å². The number of ether oxygens (including phenoxy) is 1. The van der Waals surface area contributed by atoms with E-state index in [1.165, 1.54) is 17.4 Å². The van der Waals surface area contributed by atoms with Crippen molar-refractivity contribution in [3.05, 3.63) is 63.1 Å². The predicted octanol–water partition coefficient (Wildman–Crippen LogP) is 1.44. The number of carbonyl (C=O) groups is 1. The molecule has 0 unspecified atom stereocenters. The molecular formula is C26H36N6O4. The van der Waals surface area contributed by atoms with Gasteiger partial charge in [-0.05, 0) is 31.4 Å². The van der Waals surface area contributed by atoms with E-state index in [9.17, 15) is 14.4 Å². The third-order valence-electron chi connectivity index (χ3n) is 6.79. The Morgan fingerprint density at radius 2 is 1.86 bits per heavy atom. The van der Waals surface area contributed by atoms with Gasteiger partial charge in [0, 0.05) is 32.8 Å². The van der Waals surface area contributed by atoms with Gasteiger partial charge in [-0.1, -0.05) is 43.7 Å². The first-order valence-electron chi connectivity index (χ1n) is 12.7. The number of carbonyl (C=O) groups excluding carboxylic acids is 1. The van der Waals surface area contributed by atoms with Crippen LogP contribution in [-0.4, -0.2) is 68.9 Å². The maximum atomic E-state index is 13.5. The number of likely N-dealkylation sites (tertiary alicyclic amines) is 1. The molecule has 10 heteroatoms. The fourth-order valence-electron chi connectivity index (χ4n) is 4.75. The standard InChI is InChI=1S/C26H36N6O4/c1-3-4-12-29-13-10-21(11-14-29)28-22(33)18-32-25(34)23-24(27-19-30(23)15-16-36-2)31(26(32)35)17-20-8-6-5-7-9-20/h5-9,19,21H,3-4,10-18H2,1-2H3,(H,28,33). The van der Waals surface area contributed by atoms with Crippen LogP contribution in [-0.2, 0) is 29.2 Å². The fraction of sp³-hybridized carbons (Fsp3) is 0.538. The predicted molar refractivity (Wildman–Crippen MR) is 138 cm³/mol. The number of piperidine rings is 1. The Bertz CT molecular complexity index is 1270. The molecule has 1 amide bonds. The van der Waals surface area contributed by atoms with Crippen molar-refractivity contribution in [2.75, 3.05) is 33.4 Å². The molecule has 10 nitrogen and oxygen atoms in total. The molecule has 1 aliphatic heterocycles. The minimum Gasteiger partial charge on any atom is -0.383 e. The van der Waals surface area contributed by atoms with Crippen molar-refractivity contribution in [1.82, 2.24) is 28.9 Å². The Morgan fingerprint density at radius 3 is 2.56 bits per heavy atom. The van der Waals surface area contributed by atoms with Gasteiger partial charge in [0.15, 0.2) is 11.2 Å². The average molecular weight is 497 g/mol. The van der Waals surface area contributed by atoms with Crippen LogP contribution >= 0.6 is 0 Å². The first-order valence-corrected chi connectivity index (χ1v) is 12.7. The summed E-state index contributed by atoms with van der Waals surface area (Å²) >= 11 is 0. The lowest BCUT2D eigenvalue weighted by Crippen LogP contribution is -2.48. The third-order valence-corrected chi connectivity index (χ3v) is 6.79. The number of unbranched alkanes of at least 4 members (excludes halogenated alkanes) is 1. The SMILES string of the molecule is CCCCN1CCC(NC(=O)Cn2c(=O)c3c(ncn3CCOC)n(Cc3ccccc3)c2=O)CC1. The smallest absolute Gasteiger partial charge is 0.333 e. The van der Waals surface area contributed by atoms with Gasteiger partial charge in [0.25, 0.3) is 5.56 Å². The Balaban J connectivity index is 1.59. The highest BCUT2D eigenvalue weighted by Gasteiger charge is 2.23. The zero-order valence-corrected chi connectivity index (χ0v) is 21.2. The fourth-order valence-corrected chi connectivity index (χ4v) is 4.75. The van der Waals surface area contributed by atoms with E-state index in [2.05, 4.69) is 22.1 Å². The van der Waals surface area contributed by atoms with E-state index in [1.54, 1.807) is 18.0 Å². The Morgan fingerprint density at radius 1 is 1.11 bits per heavy atom. The molecule has 0 bridgehead atoms. The van der Waals surface area contributed by atoms with Crippen LogP contribution in [0.5, 0.6) is 0 Å². The highest BCUT2D eigenvalue weighted by molar-refractivity contribution is 5.77. The van der Waals surface area contributed by atoms with Crippen molar-refractivity contribution >= 4 is 17.1 Å². The van der Waals surface area contributed by atoms with Crippen LogP contribution in [0.25, 0.3) is 11.2 Å². The van der Waals surface area contributed by atoms with Gasteiger partial charge in [-0.3, -0.25) is 14.2 Å². The van der Waals surface area contributed by atoms with Gasteiger partial charge in [0.1, 0.15) is 6.54 Å². The molecule has 2 aromatic heterocycles. The third kappa shape index (κ3) is 5.93. The van der Waals surface area contributed by atoms with Crippen LogP contribution in [0.4, 0.5) is 0 Å². The number of methoxy groups -OCH3 is 1. The van der Waals surface area contributed by atoms with Crippen LogP contribution in [0, 0.1) is 0 Å². The van der Waals surface area contributed by atoms with Gasteiger partial charge in [-0.25, -0.2) is 14.3 Å². The number of hydrogen-bond acceptors (Lipinski definition) is 6. The maximum Gasteiger partial charge on any atom is 0.333 e. The first-order chi connectivity index (χ1) is 17.5. The number of amides is 1. The average Bonchev–Trinajstić information content (AvgIpc) is 3.32. The van der Waals surface area contributed by atoms with Gasteiger partial charge < -0.3 is 19.5 Å². The van der Waals surface area contributed by atoms with Crippen LogP contribution in [0.15, 0.2) is 46.2 Å². The van der Waals surface area contributed by atoms with E-state index in [0.717, 1.165) is 42.6 Å². The number of benzene rings is 1. The van der Waals surface area contributed by atoms with Crippen molar-refractivity contribution in [2.45, 2.75) is 58.3 Å². The molecule has 1 aromatic carbocycles. The number of hydrogen-bond donors (Lipinski definition) is 1. The lowest BCUT2D eigenvalue weighted by atomic mass is 10.0. The maximum absolute atomic E-state index is 13.5. The molecule has 0 spiro atoms. The second-order valence-corrected chi connectivity index (χ2v) is 9.39. The van der Waals surface area contributed by atoms with Crippen LogP contribution in [0.3, 0.4) is 0 Å². The van der Waals surface area contributed by atoms with Gasteiger partial charge in [0.2, 0.25) is 5.91 Å². The van der Waals surface area contributed by atoms with Gasteiger partial charge in [0.05, 0.1) is 19.5 Å². The molecule has 4 rings (SSSR count). The summed E-state index contributed by atoms with van der Waals surface area (Å²) < 4.78 is 9.35. The van der Waals surface area contributed by atoms with Crippen molar-refractivity contribution in [3.63, 3.8) is 0 Å². The normalized spacial score (nSPS) is 14.9. The van der Waals surface area contributed by atoms with Gasteiger partial charge >= 0.3 is 5.69 Å². The van der Waals surface area contributed by atoms with E-state index in [-0.39, 0.29) is 25.0 Å². The molecule has 0 atom stereocenters. The summed E-state index contributed by atoms with van der Waals surface area (Å²) in [7, 11) is 1.58. The molecular weight excluding hydrogens is 460 g/mol. The molecule has 1 aliphatic rings. The highest BCUT2D eigenvalue weighted by Crippen LogP contribution is 2.12. The molecule has 3 aromatic rings. The summed E-state index contributed by atoms with van der Waals surface area (Å²) in [5.74, 6) is -0.324. The van der Waals surface area contributed by atoms with Crippen molar-refractivity contribution < 1.29 is 9.53 Å². The molecule has 0 radical (unpaired) electrons. The van der Waals surface area contributed by atoms with E-state index in [0.29, 0.717) is 24.3 Å². The Hall–Kier alpha value is -3.24. The second kappa shape index (κ2) is 12.1. The topological polar surface area (TPSA) is 103 Å². The Labute approximate surface area is 210 Å². The Kier molecular flexibility index (Phi) is 8.71. The number of imidazole rings is 1. The molecule has 3 heterocycles. The number of fused-ring (bicyclic) bond motifs is 1. The molecule has 0 saturated carbocycles. The summed E-state index contributed by atoms with van der Waals surface area (Å²) in [6, 6.07) is 9.57. The molecule has 1 saturated heterocycles. The van der Waals surface area contributed by atoms with Gasteiger partial charge in [-0.2, -0.15) is 0 Å². The molecule has 1 fully saturated rings. The summed E-state index contributed by atoms with van der Waals surface area (Å²) in [6.45, 7) is 5.88. The van der Waals surface area contributed by atoms with E-state index in [4.69, 9.17) is 4.74 Å². The minimum atomic E-state index is -0.544. The number of aromatic nitrogens is 4. The van der Waals surface area contributed by atoms with E-state index >= 15 is 0 Å². The zero-order chi connectivity index (χ0) is 25.5. The van der Waals surface area contributed by atoms with E-state index < -0.39 is 11.2 Å². The summed E-state index contributed by atoms with van der Waals surface area (Å²) in [6.07, 6.45) is 5.63. The largest absolute Gasteiger partial charge is 0.383 e. The number of nitrogens with one attached hydrogen (secondary N) is 1. The van der Waals surface area contributed by atoms with E-state index in [1.807, 2.05) is 30.3 Å². The van der Waals surface area contributed by atoms with Crippen LogP contribution in [0.1, 0.15) is 38.2 Å². The molecule has 36 heavy (non-hydrogen) atoms. The van der Waals surface area contributed by atoms with Crippen molar-refractivity contribution in [3.8, 4) is 0 Å². The van der Waals surface area contributed by atoms with Crippen LogP contribution in [0.2, 0.25) is 0 Å². The first kappa shape index (κ1) is 25.8.